The van der Waals surface area contributed by atoms with Crippen molar-refractivity contribution in [3.05, 3.63) is 0 Å². The molecular formula is C4H6O5P-. The van der Waals surface area contributed by atoms with Gasteiger partial charge in [0, 0.05) is 6.66 Å². The summed E-state index contributed by atoms with van der Waals surface area (Å²) in [7, 11) is -3.86. The Morgan fingerprint density at radius 1 is 1.80 bits per heavy atom. The summed E-state index contributed by atoms with van der Waals surface area (Å²) in [5.41, 5.74) is 0. The maximum atomic E-state index is 10.2. The van der Waals surface area contributed by atoms with Gasteiger partial charge in [0.1, 0.15) is 14.2 Å². The molecule has 0 aliphatic rings. The van der Waals surface area contributed by atoms with Gasteiger partial charge in [0.05, 0.1) is 0 Å². The highest BCUT2D eigenvalue weighted by Crippen LogP contribution is 2.30. The third-order valence-electron chi connectivity index (χ3n) is 0.573. The van der Waals surface area contributed by atoms with Crippen LogP contribution < -0.4 is 4.89 Å². The van der Waals surface area contributed by atoms with Gasteiger partial charge in [0.15, 0.2) is 6.29 Å². The van der Waals surface area contributed by atoms with Gasteiger partial charge in [-0.1, -0.05) is 0 Å². The van der Waals surface area contributed by atoms with Crippen molar-refractivity contribution in [1.82, 2.24) is 0 Å². The normalized spacial score (nSPS) is 15.8. The third-order valence-corrected chi connectivity index (χ3v) is 1.17. The first-order valence-electron chi connectivity index (χ1n) is 2.37. The molecule has 0 spiro atoms. The minimum atomic E-state index is -3.86. The van der Waals surface area contributed by atoms with Crippen molar-refractivity contribution < 1.29 is 23.6 Å². The van der Waals surface area contributed by atoms with Crippen molar-refractivity contribution in [3.63, 3.8) is 0 Å². The van der Waals surface area contributed by atoms with Gasteiger partial charge >= 0.3 is 0 Å². The molecule has 0 aromatic carbocycles. The summed E-state index contributed by atoms with van der Waals surface area (Å²) < 4.78 is 14.2. The molecule has 6 heteroatoms. The van der Waals surface area contributed by atoms with Crippen LogP contribution in [0.15, 0.2) is 0 Å². The van der Waals surface area contributed by atoms with E-state index in [0.29, 0.717) is 0 Å². The largest absolute Gasteiger partial charge is 0.779 e. The molecule has 0 aliphatic carbocycles. The van der Waals surface area contributed by atoms with E-state index in [0.717, 1.165) is 6.66 Å². The molecule has 1 unspecified atom stereocenters. The molecule has 58 valence electrons. The maximum absolute atomic E-state index is 10.2. The van der Waals surface area contributed by atoms with Crippen LogP contribution in [0.5, 0.6) is 0 Å². The Kier molecular flexibility index (Phi) is 3.42. The summed E-state index contributed by atoms with van der Waals surface area (Å²) in [6, 6.07) is 0. The average Bonchev–Trinajstić information content (AvgIpc) is 1.81. The lowest BCUT2D eigenvalue weighted by Gasteiger charge is -2.15. The third kappa shape index (κ3) is 5.62. The Bertz CT molecular complexity index is 180. The molecule has 1 atom stereocenters. The van der Waals surface area contributed by atoms with Crippen LogP contribution in [0.25, 0.3) is 0 Å². The van der Waals surface area contributed by atoms with Crippen LogP contribution in [0.4, 0.5) is 0 Å². The lowest BCUT2D eigenvalue weighted by Crippen LogP contribution is -2.12. The predicted molar refractivity (Wildman–Crippen MR) is 30.6 cm³/mol. The first kappa shape index (κ1) is 9.49. The molecular weight excluding hydrogens is 159 g/mol. The first-order valence-corrected chi connectivity index (χ1v) is 4.36. The number of carbonyl (C=O) groups is 2. The fourth-order valence-corrected chi connectivity index (χ4v) is 0.577. The van der Waals surface area contributed by atoms with Crippen LogP contribution in [0.3, 0.4) is 0 Å². The van der Waals surface area contributed by atoms with Gasteiger partial charge in [-0.25, -0.2) is 0 Å². The summed E-state index contributed by atoms with van der Waals surface area (Å²) in [6.45, 7) is 0.131. The molecule has 0 rings (SSSR count). The van der Waals surface area contributed by atoms with Crippen LogP contribution in [-0.4, -0.2) is 25.3 Å². The Hall–Kier alpha value is -0.510. The molecule has 0 aromatic heterocycles. The highest BCUT2D eigenvalue weighted by molar-refractivity contribution is 7.50. The Morgan fingerprint density at radius 3 is 2.60 bits per heavy atom. The van der Waals surface area contributed by atoms with Crippen LogP contribution in [0.2, 0.25) is 0 Å². The van der Waals surface area contributed by atoms with Crippen LogP contribution >= 0.6 is 7.60 Å². The summed E-state index contributed by atoms with van der Waals surface area (Å²) in [5.74, 6) is -0.891. The van der Waals surface area contributed by atoms with Gasteiger partial charge in [-0.2, -0.15) is 0 Å². The van der Waals surface area contributed by atoms with E-state index in [4.69, 9.17) is 0 Å². The van der Waals surface area contributed by atoms with E-state index < -0.39 is 20.0 Å². The number of aldehydes is 1. The molecule has 0 amide bonds. The van der Waals surface area contributed by atoms with E-state index in [-0.39, 0.29) is 6.29 Å². The molecule has 0 radical (unpaired) electrons. The predicted octanol–water partition coefficient (Wildman–Crippen LogP) is -1.05. The van der Waals surface area contributed by atoms with Crippen molar-refractivity contribution in [2.75, 3.05) is 13.3 Å². The van der Waals surface area contributed by atoms with Gasteiger partial charge in [-0.05, 0) is 0 Å². The molecule has 5 nitrogen and oxygen atoms in total. The van der Waals surface area contributed by atoms with Crippen molar-refractivity contribution in [2.45, 2.75) is 0 Å². The average molecular weight is 165 g/mol. The Balaban J connectivity index is 3.66. The zero-order chi connectivity index (χ0) is 8.20. The second kappa shape index (κ2) is 3.61. The van der Waals surface area contributed by atoms with Crippen LogP contribution in [-0.2, 0) is 18.7 Å². The first-order chi connectivity index (χ1) is 4.45. The van der Waals surface area contributed by atoms with Crippen molar-refractivity contribution in [3.8, 4) is 0 Å². The molecule has 0 fully saturated rings. The van der Waals surface area contributed by atoms with E-state index in [1.807, 2.05) is 0 Å². The molecule has 10 heavy (non-hydrogen) atoms. The lowest BCUT2D eigenvalue weighted by molar-refractivity contribution is -0.196. The van der Waals surface area contributed by atoms with Crippen LogP contribution in [0, 0.1) is 0 Å². The topological polar surface area (TPSA) is 83.5 Å². The second-order valence-corrected chi connectivity index (χ2v) is 3.43. The van der Waals surface area contributed by atoms with E-state index in [1.54, 1.807) is 0 Å². The number of Topliss-reactive ketones (excluding diaryl/α,β-unsaturated/α-hetero) is 1. The molecule has 0 bridgehead atoms. The second-order valence-electron chi connectivity index (χ2n) is 1.63. The summed E-state index contributed by atoms with van der Waals surface area (Å²) in [6.07, 6.45) is 0.00958. The number of carbonyl (C=O) groups excluding carboxylic acids is 2. The lowest BCUT2D eigenvalue weighted by atomic mass is 10.5. The smallest absolute Gasteiger partial charge is 0.221 e. The molecule has 0 heterocycles. The molecule has 0 aromatic rings. The number of hydrogen-bond donors (Lipinski definition) is 0. The summed E-state index contributed by atoms with van der Waals surface area (Å²) in [4.78, 5) is 29.9. The van der Waals surface area contributed by atoms with E-state index in [2.05, 4.69) is 4.52 Å². The van der Waals surface area contributed by atoms with Crippen molar-refractivity contribution in [2.24, 2.45) is 0 Å². The van der Waals surface area contributed by atoms with Crippen LogP contribution in [0.1, 0.15) is 0 Å². The molecule has 0 saturated carbocycles. The summed E-state index contributed by atoms with van der Waals surface area (Å²) in [5, 5.41) is 0. The highest BCUT2D eigenvalue weighted by atomic mass is 31.2. The van der Waals surface area contributed by atoms with E-state index in [1.165, 1.54) is 0 Å². The minimum Gasteiger partial charge on any atom is -0.779 e. The standard InChI is InChI=1S/C4H7O5P/c1-10(7,8)9-3-4(6)2-5/h2H,3H2,1H3,(H,7,8)/p-1. The highest BCUT2D eigenvalue weighted by Gasteiger charge is 2.03. The minimum absolute atomic E-state index is 0.00958. The van der Waals surface area contributed by atoms with Gasteiger partial charge in [0.2, 0.25) is 5.78 Å². The summed E-state index contributed by atoms with van der Waals surface area (Å²) >= 11 is 0. The molecule has 0 aliphatic heterocycles. The Morgan fingerprint density at radius 2 is 2.30 bits per heavy atom. The van der Waals surface area contributed by atoms with Crippen molar-refractivity contribution >= 4 is 19.7 Å². The monoisotopic (exact) mass is 165 g/mol. The Labute approximate surface area is 57.5 Å². The number of ketones is 1. The maximum Gasteiger partial charge on any atom is 0.221 e. The zero-order valence-corrected chi connectivity index (χ0v) is 6.17. The van der Waals surface area contributed by atoms with Gasteiger partial charge in [-0.15, -0.1) is 0 Å². The quantitative estimate of drug-likeness (QED) is 0.301. The number of rotatable bonds is 4. The van der Waals surface area contributed by atoms with Gasteiger partial charge in [-0.3, -0.25) is 9.59 Å². The van der Waals surface area contributed by atoms with E-state index >= 15 is 0 Å². The SMILES string of the molecule is CP(=O)([O-])OCC(=O)C=O. The van der Waals surface area contributed by atoms with Gasteiger partial charge in [0.25, 0.3) is 0 Å². The van der Waals surface area contributed by atoms with E-state index in [9.17, 15) is 19.0 Å². The number of hydrogen-bond acceptors (Lipinski definition) is 5. The fraction of sp³-hybridized carbons (Fsp3) is 0.500. The fourth-order valence-electron chi connectivity index (χ4n) is 0.215. The van der Waals surface area contributed by atoms with Crippen molar-refractivity contribution in [1.29, 1.82) is 0 Å². The molecule has 0 N–H and O–H groups in total. The zero-order valence-electron chi connectivity index (χ0n) is 5.27. The molecule has 0 saturated heterocycles. The van der Waals surface area contributed by atoms with Gasteiger partial charge < -0.3 is 14.0 Å².